The number of nitrogens with zero attached hydrogens (tertiary/aromatic N) is 2. The van der Waals surface area contributed by atoms with Crippen LogP contribution in [0.1, 0.15) is 12.0 Å². The van der Waals surface area contributed by atoms with Crippen LogP contribution in [-0.4, -0.2) is 38.8 Å². The lowest BCUT2D eigenvalue weighted by Crippen LogP contribution is -2.52. The highest BCUT2D eigenvalue weighted by Gasteiger charge is 2.25. The van der Waals surface area contributed by atoms with Crippen LogP contribution in [0.5, 0.6) is 0 Å². The van der Waals surface area contributed by atoms with Gasteiger partial charge in [0, 0.05) is 25.3 Å². The van der Waals surface area contributed by atoms with Crippen molar-refractivity contribution >= 4 is 11.7 Å². The van der Waals surface area contributed by atoms with Crippen molar-refractivity contribution in [3.8, 4) is 6.07 Å². The van der Waals surface area contributed by atoms with Crippen molar-refractivity contribution in [3.05, 3.63) is 29.8 Å². The first-order valence-electron chi connectivity index (χ1n) is 6.29. The molecule has 0 amide bonds. The van der Waals surface area contributed by atoms with E-state index in [-0.39, 0.29) is 12.0 Å². The second-order valence-electron chi connectivity index (χ2n) is 4.49. The van der Waals surface area contributed by atoms with Gasteiger partial charge in [0.1, 0.15) is 0 Å². The monoisotopic (exact) mass is 259 g/mol. The van der Waals surface area contributed by atoms with E-state index in [1.807, 2.05) is 18.2 Å². The number of methoxy groups -OCH3 is 1. The number of carbonyl (C=O) groups excluding carboxylic acids is 1. The minimum Gasteiger partial charge on any atom is -0.469 e. The molecule has 100 valence electrons. The van der Waals surface area contributed by atoms with Crippen LogP contribution in [0, 0.1) is 11.3 Å². The summed E-state index contributed by atoms with van der Waals surface area (Å²) in [6.45, 7) is 2.43. The molecule has 19 heavy (non-hydrogen) atoms. The minimum atomic E-state index is -0.213. The van der Waals surface area contributed by atoms with Gasteiger partial charge in [0.25, 0.3) is 0 Å². The zero-order valence-corrected chi connectivity index (χ0v) is 10.9. The number of rotatable bonds is 3. The van der Waals surface area contributed by atoms with E-state index < -0.39 is 0 Å². The van der Waals surface area contributed by atoms with E-state index in [4.69, 9.17) is 10.00 Å². The van der Waals surface area contributed by atoms with Crippen molar-refractivity contribution in [3.63, 3.8) is 0 Å². The predicted molar refractivity (Wildman–Crippen MR) is 71.8 cm³/mol. The Morgan fingerprint density at radius 2 is 2.47 bits per heavy atom. The van der Waals surface area contributed by atoms with Crippen molar-refractivity contribution < 1.29 is 9.53 Å². The number of nitriles is 1. The van der Waals surface area contributed by atoms with Gasteiger partial charge in [-0.05, 0) is 18.2 Å². The molecule has 1 aromatic carbocycles. The molecule has 1 fully saturated rings. The molecule has 0 bridgehead atoms. The molecule has 1 heterocycles. The Balaban J connectivity index is 2.18. The second kappa shape index (κ2) is 6.21. The highest BCUT2D eigenvalue weighted by Crippen LogP contribution is 2.21. The van der Waals surface area contributed by atoms with E-state index in [1.54, 1.807) is 6.07 Å². The van der Waals surface area contributed by atoms with Crippen molar-refractivity contribution in [1.29, 1.82) is 5.26 Å². The van der Waals surface area contributed by atoms with Crippen LogP contribution in [0.2, 0.25) is 0 Å². The molecule has 1 atom stereocenters. The number of nitrogens with one attached hydrogen (secondary N) is 1. The van der Waals surface area contributed by atoms with Crippen LogP contribution in [-0.2, 0) is 9.53 Å². The number of hydrogen-bond acceptors (Lipinski definition) is 5. The Morgan fingerprint density at radius 1 is 1.63 bits per heavy atom. The van der Waals surface area contributed by atoms with Gasteiger partial charge in [-0.25, -0.2) is 0 Å². The molecular weight excluding hydrogens is 242 g/mol. The Hall–Kier alpha value is -2.06. The first-order valence-corrected chi connectivity index (χ1v) is 6.29. The Morgan fingerprint density at radius 3 is 3.21 bits per heavy atom. The zero-order chi connectivity index (χ0) is 13.7. The third kappa shape index (κ3) is 3.24. The SMILES string of the molecule is COC(=O)CC1CNCCN1c1cccc(C#N)c1. The number of carbonyl (C=O) groups is 1. The summed E-state index contributed by atoms with van der Waals surface area (Å²) < 4.78 is 4.74. The summed E-state index contributed by atoms with van der Waals surface area (Å²) in [5.74, 6) is -0.213. The molecule has 1 N–H and O–H groups in total. The zero-order valence-electron chi connectivity index (χ0n) is 10.9. The van der Waals surface area contributed by atoms with Crippen molar-refractivity contribution in [2.45, 2.75) is 12.5 Å². The van der Waals surface area contributed by atoms with Crippen LogP contribution in [0.25, 0.3) is 0 Å². The van der Waals surface area contributed by atoms with E-state index in [2.05, 4.69) is 16.3 Å². The van der Waals surface area contributed by atoms with Gasteiger partial charge in [-0.2, -0.15) is 5.26 Å². The second-order valence-corrected chi connectivity index (χ2v) is 4.49. The molecule has 0 aromatic heterocycles. The first-order chi connectivity index (χ1) is 9.24. The van der Waals surface area contributed by atoms with Gasteiger partial charge in [-0.15, -0.1) is 0 Å². The van der Waals surface area contributed by atoms with Crippen LogP contribution >= 0.6 is 0 Å². The fourth-order valence-electron chi connectivity index (χ4n) is 2.31. The third-order valence-corrected chi connectivity index (χ3v) is 3.29. The Bertz CT molecular complexity index is 496. The Labute approximate surface area is 112 Å². The molecule has 1 saturated heterocycles. The maximum Gasteiger partial charge on any atom is 0.307 e. The van der Waals surface area contributed by atoms with Gasteiger partial charge in [0.15, 0.2) is 0 Å². The standard InChI is InChI=1S/C14H17N3O2/c1-19-14(18)8-13-10-16-5-6-17(13)12-4-2-3-11(7-12)9-15/h2-4,7,13,16H,5-6,8,10H2,1H3. The van der Waals surface area contributed by atoms with Crippen molar-refractivity contribution in [1.82, 2.24) is 5.32 Å². The summed E-state index contributed by atoms with van der Waals surface area (Å²) in [6.07, 6.45) is 0.348. The quantitative estimate of drug-likeness (QED) is 0.817. The summed E-state index contributed by atoms with van der Waals surface area (Å²) >= 11 is 0. The van der Waals surface area contributed by atoms with Crippen LogP contribution in [0.15, 0.2) is 24.3 Å². The predicted octanol–water partition coefficient (Wildman–Crippen LogP) is 0.900. The molecule has 0 spiro atoms. The fraction of sp³-hybridized carbons (Fsp3) is 0.429. The van der Waals surface area contributed by atoms with E-state index >= 15 is 0 Å². The average Bonchev–Trinajstić information content (AvgIpc) is 2.47. The molecule has 1 aromatic rings. The van der Waals surface area contributed by atoms with E-state index in [0.29, 0.717) is 12.0 Å². The number of anilines is 1. The van der Waals surface area contributed by atoms with Crippen molar-refractivity contribution in [2.24, 2.45) is 0 Å². The lowest BCUT2D eigenvalue weighted by molar-refractivity contribution is -0.141. The van der Waals surface area contributed by atoms with Gasteiger partial charge in [0.05, 0.1) is 31.2 Å². The maximum absolute atomic E-state index is 11.5. The van der Waals surface area contributed by atoms with Crippen LogP contribution in [0.4, 0.5) is 5.69 Å². The topological polar surface area (TPSA) is 65.4 Å². The molecular formula is C14H17N3O2. The van der Waals surface area contributed by atoms with Crippen molar-refractivity contribution in [2.75, 3.05) is 31.6 Å². The van der Waals surface area contributed by atoms with Gasteiger partial charge in [-0.1, -0.05) is 6.07 Å². The highest BCUT2D eigenvalue weighted by atomic mass is 16.5. The number of piperazine rings is 1. The summed E-state index contributed by atoms with van der Waals surface area (Å²) in [4.78, 5) is 13.6. The fourth-order valence-corrected chi connectivity index (χ4v) is 2.31. The highest BCUT2D eigenvalue weighted by molar-refractivity contribution is 5.71. The van der Waals surface area contributed by atoms with Gasteiger partial charge in [0.2, 0.25) is 0 Å². The number of benzene rings is 1. The molecule has 5 nitrogen and oxygen atoms in total. The lowest BCUT2D eigenvalue weighted by atomic mass is 10.1. The van der Waals surface area contributed by atoms with Gasteiger partial charge in [-0.3, -0.25) is 4.79 Å². The van der Waals surface area contributed by atoms with E-state index in [9.17, 15) is 4.79 Å². The molecule has 1 aliphatic heterocycles. The molecule has 1 unspecified atom stereocenters. The van der Waals surface area contributed by atoms with E-state index in [1.165, 1.54) is 7.11 Å². The molecule has 5 heteroatoms. The molecule has 2 rings (SSSR count). The summed E-state index contributed by atoms with van der Waals surface area (Å²) in [6, 6.07) is 9.67. The largest absolute Gasteiger partial charge is 0.469 e. The number of ether oxygens (including phenoxy) is 1. The summed E-state index contributed by atoms with van der Waals surface area (Å²) in [5.41, 5.74) is 1.61. The van der Waals surface area contributed by atoms with Gasteiger partial charge < -0.3 is 15.0 Å². The normalized spacial score (nSPS) is 18.7. The number of hydrogen-bond donors (Lipinski definition) is 1. The third-order valence-electron chi connectivity index (χ3n) is 3.29. The summed E-state index contributed by atoms with van der Waals surface area (Å²) in [7, 11) is 1.40. The molecule has 0 radical (unpaired) electrons. The number of esters is 1. The van der Waals surface area contributed by atoms with Crippen LogP contribution in [0.3, 0.4) is 0 Å². The average molecular weight is 259 g/mol. The molecule has 0 aliphatic carbocycles. The summed E-state index contributed by atoms with van der Waals surface area (Å²) in [5, 5.41) is 12.2. The first kappa shape index (κ1) is 13.4. The maximum atomic E-state index is 11.5. The molecule has 1 aliphatic rings. The van der Waals surface area contributed by atoms with Crippen LogP contribution < -0.4 is 10.2 Å². The molecule has 0 saturated carbocycles. The minimum absolute atomic E-state index is 0.0649. The van der Waals surface area contributed by atoms with Gasteiger partial charge >= 0.3 is 5.97 Å². The lowest BCUT2D eigenvalue weighted by Gasteiger charge is -2.37. The Kier molecular flexibility index (Phi) is 4.37. The smallest absolute Gasteiger partial charge is 0.307 e. The van der Waals surface area contributed by atoms with E-state index in [0.717, 1.165) is 25.3 Å².